The second kappa shape index (κ2) is 6.78. The molecule has 4 rings (SSSR count). The van der Waals surface area contributed by atoms with Gasteiger partial charge in [0.25, 0.3) is 0 Å². The molecule has 0 fully saturated rings. The van der Waals surface area contributed by atoms with Gasteiger partial charge >= 0.3 is 0 Å². The van der Waals surface area contributed by atoms with E-state index in [2.05, 4.69) is 20.1 Å². The van der Waals surface area contributed by atoms with Gasteiger partial charge in [0, 0.05) is 41.7 Å². The molecule has 0 aliphatic heterocycles. The number of aryl methyl sites for hydroxylation is 1. The maximum atomic E-state index is 13.1. The standard InChI is InChI=1S/C18H15N5O3S/c1-23-7-6-17(21-23)20-13-9-15-16(19-10-13)5-3-11-2-4-12(22-27(25)26)8-14(11)18(15)24/h2-10,22H,1H3,(H,20,21)(H,25,26)/p-1. The van der Waals surface area contributed by atoms with Crippen molar-refractivity contribution in [2.45, 2.75) is 0 Å². The van der Waals surface area contributed by atoms with Gasteiger partial charge in [-0.1, -0.05) is 12.1 Å². The van der Waals surface area contributed by atoms with Crippen LogP contribution in [-0.2, 0) is 18.3 Å². The van der Waals surface area contributed by atoms with E-state index in [-0.39, 0.29) is 5.43 Å². The summed E-state index contributed by atoms with van der Waals surface area (Å²) in [6.07, 6.45) is 3.44. The number of hydrogen-bond donors (Lipinski definition) is 2. The molecule has 9 heteroatoms. The highest BCUT2D eigenvalue weighted by Gasteiger charge is 2.07. The minimum atomic E-state index is -2.46. The summed E-state index contributed by atoms with van der Waals surface area (Å²) in [7, 11) is 1.81. The Bertz CT molecular complexity index is 1250. The number of hydrogen-bond acceptors (Lipinski definition) is 6. The fraction of sp³-hybridized carbons (Fsp3) is 0.0556. The number of nitrogens with zero attached hydrogens (tertiary/aromatic N) is 3. The summed E-state index contributed by atoms with van der Waals surface area (Å²) in [5.74, 6) is 0.640. The van der Waals surface area contributed by atoms with Gasteiger partial charge in [-0.15, -0.1) is 0 Å². The molecule has 27 heavy (non-hydrogen) atoms. The average Bonchev–Trinajstić information content (AvgIpc) is 2.99. The van der Waals surface area contributed by atoms with Crippen molar-refractivity contribution in [3.63, 3.8) is 0 Å². The predicted octanol–water partition coefficient (Wildman–Crippen LogP) is 2.43. The van der Waals surface area contributed by atoms with Gasteiger partial charge in [0.2, 0.25) is 0 Å². The van der Waals surface area contributed by atoms with Crippen molar-refractivity contribution in [3.05, 3.63) is 65.1 Å². The van der Waals surface area contributed by atoms with Crippen molar-refractivity contribution < 1.29 is 8.76 Å². The maximum Gasteiger partial charge on any atom is 0.195 e. The Balaban J connectivity index is 1.88. The first-order valence-electron chi connectivity index (χ1n) is 7.99. The lowest BCUT2D eigenvalue weighted by molar-refractivity contribution is 0.542. The summed E-state index contributed by atoms with van der Waals surface area (Å²) < 4.78 is 25.7. The summed E-state index contributed by atoms with van der Waals surface area (Å²) in [4.78, 5) is 17.4. The van der Waals surface area contributed by atoms with Gasteiger partial charge < -0.3 is 14.6 Å². The van der Waals surface area contributed by atoms with E-state index in [0.717, 1.165) is 0 Å². The first-order chi connectivity index (χ1) is 13.0. The summed E-state index contributed by atoms with van der Waals surface area (Å²) in [6, 6.07) is 11.9. The molecule has 0 aliphatic rings. The van der Waals surface area contributed by atoms with E-state index < -0.39 is 11.3 Å². The zero-order valence-electron chi connectivity index (χ0n) is 14.2. The first kappa shape index (κ1) is 17.1. The Kier molecular flexibility index (Phi) is 4.30. The van der Waals surface area contributed by atoms with Crippen LogP contribution >= 0.6 is 0 Å². The number of nitrogens with one attached hydrogen (secondary N) is 2. The molecule has 0 bridgehead atoms. The normalized spacial score (nSPS) is 12.2. The smallest absolute Gasteiger partial charge is 0.195 e. The van der Waals surface area contributed by atoms with Gasteiger partial charge in [-0.3, -0.25) is 18.7 Å². The molecular weight excluding hydrogens is 366 g/mol. The first-order valence-corrected chi connectivity index (χ1v) is 9.06. The predicted molar refractivity (Wildman–Crippen MR) is 105 cm³/mol. The zero-order chi connectivity index (χ0) is 19.0. The van der Waals surface area contributed by atoms with E-state index >= 15 is 0 Å². The van der Waals surface area contributed by atoms with Gasteiger partial charge in [-0.2, -0.15) is 5.10 Å². The number of benzene rings is 1. The fourth-order valence-corrected chi connectivity index (χ4v) is 3.18. The largest absolute Gasteiger partial charge is 0.755 e. The SMILES string of the molecule is Cn1ccc(Nc2cnc3ccc4ccc(NS(=O)[O-])cc4c(=O)c3c2)n1. The summed E-state index contributed by atoms with van der Waals surface area (Å²) in [5, 5.41) is 8.87. The highest BCUT2D eigenvalue weighted by atomic mass is 32.2. The lowest BCUT2D eigenvalue weighted by Gasteiger charge is -2.08. The number of anilines is 3. The third kappa shape index (κ3) is 3.50. The second-order valence-electron chi connectivity index (χ2n) is 5.96. The Morgan fingerprint density at radius 3 is 2.59 bits per heavy atom. The van der Waals surface area contributed by atoms with Crippen LogP contribution in [0, 0.1) is 0 Å². The van der Waals surface area contributed by atoms with E-state index in [1.807, 2.05) is 13.1 Å². The van der Waals surface area contributed by atoms with Crippen LogP contribution in [0.1, 0.15) is 0 Å². The maximum absolute atomic E-state index is 13.1. The molecule has 0 amide bonds. The van der Waals surface area contributed by atoms with Gasteiger partial charge in [0.15, 0.2) is 11.2 Å². The number of aromatic nitrogens is 3. The van der Waals surface area contributed by atoms with Crippen LogP contribution in [0.3, 0.4) is 0 Å². The molecule has 0 aliphatic carbocycles. The van der Waals surface area contributed by atoms with Crippen molar-refractivity contribution in [1.82, 2.24) is 14.8 Å². The van der Waals surface area contributed by atoms with Crippen molar-refractivity contribution in [3.8, 4) is 0 Å². The molecule has 136 valence electrons. The van der Waals surface area contributed by atoms with Gasteiger partial charge in [-0.05, 0) is 29.7 Å². The minimum absolute atomic E-state index is 0.234. The van der Waals surface area contributed by atoms with Crippen LogP contribution in [-0.4, -0.2) is 23.5 Å². The van der Waals surface area contributed by atoms with Crippen LogP contribution in [0.4, 0.5) is 17.2 Å². The molecule has 8 nitrogen and oxygen atoms in total. The molecule has 1 atom stereocenters. The third-order valence-corrected chi connectivity index (χ3v) is 4.47. The summed E-state index contributed by atoms with van der Waals surface area (Å²) in [6.45, 7) is 0. The Hall–Kier alpha value is -3.30. The molecule has 2 aromatic carbocycles. The third-order valence-electron chi connectivity index (χ3n) is 4.07. The lowest BCUT2D eigenvalue weighted by atomic mass is 10.1. The Labute approximate surface area is 156 Å². The van der Waals surface area contributed by atoms with E-state index in [1.165, 1.54) is 6.07 Å². The van der Waals surface area contributed by atoms with Crippen LogP contribution in [0.15, 0.2) is 59.7 Å². The molecule has 2 aromatic heterocycles. The number of rotatable bonds is 4. The zero-order valence-corrected chi connectivity index (χ0v) is 15.0. The molecule has 2 heterocycles. The van der Waals surface area contributed by atoms with Gasteiger partial charge in [0.1, 0.15) is 0 Å². The lowest BCUT2D eigenvalue weighted by Crippen LogP contribution is -2.04. The van der Waals surface area contributed by atoms with Crippen molar-refractivity contribution in [2.75, 3.05) is 10.0 Å². The molecule has 1 unspecified atom stereocenters. The monoisotopic (exact) mass is 380 g/mol. The fourth-order valence-electron chi connectivity index (χ4n) is 2.86. The van der Waals surface area contributed by atoms with Gasteiger partial charge in [0.05, 0.1) is 22.8 Å². The van der Waals surface area contributed by atoms with E-state index in [4.69, 9.17) is 0 Å². The van der Waals surface area contributed by atoms with Crippen molar-refractivity contribution in [1.29, 1.82) is 0 Å². The van der Waals surface area contributed by atoms with E-state index in [9.17, 15) is 13.6 Å². The quantitative estimate of drug-likeness (QED) is 0.526. The molecular formula is C18H14N5O3S-. The number of pyridine rings is 1. The van der Waals surface area contributed by atoms with Crippen molar-refractivity contribution in [2.24, 2.45) is 7.05 Å². The summed E-state index contributed by atoms with van der Waals surface area (Å²) in [5.41, 5.74) is 1.27. The molecule has 0 spiro atoms. The molecule has 0 saturated heterocycles. The average molecular weight is 380 g/mol. The molecule has 0 saturated carbocycles. The Morgan fingerprint density at radius 1 is 1.07 bits per heavy atom. The minimum Gasteiger partial charge on any atom is -0.755 e. The molecule has 2 N–H and O–H groups in total. The molecule has 4 aromatic rings. The second-order valence-corrected chi connectivity index (χ2v) is 6.63. The van der Waals surface area contributed by atoms with Crippen LogP contribution in [0.2, 0.25) is 0 Å². The topological polar surface area (TPSA) is 112 Å². The number of fused-ring (bicyclic) bond motifs is 2. The highest BCUT2D eigenvalue weighted by Crippen LogP contribution is 2.21. The van der Waals surface area contributed by atoms with Crippen LogP contribution < -0.4 is 15.5 Å². The van der Waals surface area contributed by atoms with Crippen LogP contribution in [0.25, 0.3) is 21.7 Å². The van der Waals surface area contributed by atoms with E-state index in [0.29, 0.717) is 38.9 Å². The van der Waals surface area contributed by atoms with Gasteiger partial charge in [-0.25, -0.2) is 0 Å². The van der Waals surface area contributed by atoms with E-state index in [1.54, 1.807) is 47.4 Å². The molecule has 0 radical (unpaired) electrons. The van der Waals surface area contributed by atoms with Crippen LogP contribution in [0.5, 0.6) is 0 Å². The Morgan fingerprint density at radius 2 is 1.85 bits per heavy atom. The summed E-state index contributed by atoms with van der Waals surface area (Å²) >= 11 is -2.46. The highest BCUT2D eigenvalue weighted by molar-refractivity contribution is 7.80. The van der Waals surface area contributed by atoms with Crippen molar-refractivity contribution >= 4 is 50.1 Å².